The molecule has 0 bridgehead atoms. The minimum absolute atomic E-state index is 0.0111. The SMILES string of the molecule is CC(=O)NC1CCCN(C(=O)C2(C)CCNC2)C1. The van der Waals surface area contributed by atoms with Crippen molar-refractivity contribution in [3.05, 3.63) is 0 Å². The van der Waals surface area contributed by atoms with Gasteiger partial charge in [-0.05, 0) is 32.7 Å². The predicted molar refractivity (Wildman–Crippen MR) is 69.0 cm³/mol. The zero-order valence-corrected chi connectivity index (χ0v) is 11.3. The van der Waals surface area contributed by atoms with Crippen molar-refractivity contribution in [1.29, 1.82) is 0 Å². The van der Waals surface area contributed by atoms with E-state index in [1.54, 1.807) is 0 Å². The first-order valence-electron chi connectivity index (χ1n) is 6.78. The first-order valence-corrected chi connectivity index (χ1v) is 6.78. The van der Waals surface area contributed by atoms with Crippen LogP contribution in [0, 0.1) is 5.41 Å². The van der Waals surface area contributed by atoms with Crippen molar-refractivity contribution in [1.82, 2.24) is 15.5 Å². The van der Waals surface area contributed by atoms with Crippen LogP contribution < -0.4 is 10.6 Å². The van der Waals surface area contributed by atoms with Gasteiger partial charge in [0, 0.05) is 32.6 Å². The number of amides is 2. The fourth-order valence-corrected chi connectivity index (χ4v) is 2.95. The molecule has 5 nitrogen and oxygen atoms in total. The lowest BCUT2D eigenvalue weighted by molar-refractivity contribution is -0.142. The van der Waals surface area contributed by atoms with Crippen molar-refractivity contribution in [3.8, 4) is 0 Å². The highest BCUT2D eigenvalue weighted by Gasteiger charge is 2.40. The third-order valence-corrected chi connectivity index (χ3v) is 4.00. The molecule has 102 valence electrons. The second-order valence-corrected chi connectivity index (χ2v) is 5.78. The molecule has 0 radical (unpaired) electrons. The topological polar surface area (TPSA) is 61.4 Å². The van der Waals surface area contributed by atoms with Gasteiger partial charge in [-0.25, -0.2) is 0 Å². The Labute approximate surface area is 108 Å². The minimum atomic E-state index is -0.252. The Morgan fingerprint density at radius 1 is 1.44 bits per heavy atom. The summed E-state index contributed by atoms with van der Waals surface area (Å²) >= 11 is 0. The molecule has 0 aliphatic carbocycles. The van der Waals surface area contributed by atoms with Gasteiger partial charge in [-0.3, -0.25) is 9.59 Å². The van der Waals surface area contributed by atoms with E-state index in [1.807, 2.05) is 11.8 Å². The maximum Gasteiger partial charge on any atom is 0.229 e. The van der Waals surface area contributed by atoms with Crippen LogP contribution in [0.2, 0.25) is 0 Å². The number of carbonyl (C=O) groups excluding carboxylic acids is 2. The number of nitrogens with zero attached hydrogens (tertiary/aromatic N) is 1. The van der Waals surface area contributed by atoms with E-state index in [0.29, 0.717) is 6.54 Å². The molecule has 2 fully saturated rings. The van der Waals surface area contributed by atoms with Crippen molar-refractivity contribution in [2.75, 3.05) is 26.2 Å². The summed E-state index contributed by atoms with van der Waals surface area (Å²) in [6, 6.07) is 0.123. The van der Waals surface area contributed by atoms with E-state index >= 15 is 0 Å². The monoisotopic (exact) mass is 253 g/mol. The average Bonchev–Trinajstić information content (AvgIpc) is 2.76. The Balaban J connectivity index is 1.95. The standard InChI is InChI=1S/C13H23N3O2/c1-10(17)15-11-4-3-7-16(8-11)12(18)13(2)5-6-14-9-13/h11,14H,3-9H2,1-2H3,(H,15,17). The Bertz CT molecular complexity index is 337. The molecule has 2 aliphatic heterocycles. The van der Waals surface area contributed by atoms with Crippen LogP contribution in [0.4, 0.5) is 0 Å². The van der Waals surface area contributed by atoms with E-state index in [9.17, 15) is 9.59 Å². The Morgan fingerprint density at radius 2 is 2.22 bits per heavy atom. The number of hydrogen-bond acceptors (Lipinski definition) is 3. The molecule has 2 rings (SSSR count). The smallest absolute Gasteiger partial charge is 0.229 e. The quantitative estimate of drug-likeness (QED) is 0.734. The predicted octanol–water partition coefficient (Wildman–Crippen LogP) is 0.113. The van der Waals surface area contributed by atoms with Crippen LogP contribution in [0.3, 0.4) is 0 Å². The summed E-state index contributed by atoms with van der Waals surface area (Å²) in [6.45, 7) is 6.75. The molecule has 0 aromatic carbocycles. The Morgan fingerprint density at radius 3 is 2.83 bits per heavy atom. The first kappa shape index (κ1) is 13.3. The highest BCUT2D eigenvalue weighted by Crippen LogP contribution is 2.28. The summed E-state index contributed by atoms with van der Waals surface area (Å²) in [4.78, 5) is 25.5. The number of piperidine rings is 1. The molecule has 2 heterocycles. The molecule has 0 aromatic heterocycles. The Kier molecular flexibility index (Phi) is 3.90. The molecule has 2 atom stereocenters. The molecule has 0 spiro atoms. The van der Waals surface area contributed by atoms with Gasteiger partial charge in [0.15, 0.2) is 0 Å². The molecule has 5 heteroatoms. The van der Waals surface area contributed by atoms with E-state index in [-0.39, 0.29) is 23.3 Å². The van der Waals surface area contributed by atoms with Gasteiger partial charge in [0.1, 0.15) is 0 Å². The number of hydrogen-bond donors (Lipinski definition) is 2. The molecular formula is C13H23N3O2. The summed E-state index contributed by atoms with van der Waals surface area (Å²) < 4.78 is 0. The maximum absolute atomic E-state index is 12.5. The number of nitrogens with one attached hydrogen (secondary N) is 2. The molecule has 2 unspecified atom stereocenters. The lowest BCUT2D eigenvalue weighted by Crippen LogP contribution is -2.53. The Hall–Kier alpha value is -1.10. The fourth-order valence-electron chi connectivity index (χ4n) is 2.95. The lowest BCUT2D eigenvalue weighted by atomic mass is 9.87. The van der Waals surface area contributed by atoms with Crippen LogP contribution >= 0.6 is 0 Å². The van der Waals surface area contributed by atoms with Gasteiger partial charge in [-0.15, -0.1) is 0 Å². The second kappa shape index (κ2) is 5.26. The summed E-state index contributed by atoms with van der Waals surface area (Å²) in [5.74, 6) is 0.227. The maximum atomic E-state index is 12.5. The molecule has 0 aromatic rings. The largest absolute Gasteiger partial charge is 0.352 e. The van der Waals surface area contributed by atoms with Crippen molar-refractivity contribution < 1.29 is 9.59 Å². The highest BCUT2D eigenvalue weighted by atomic mass is 16.2. The van der Waals surface area contributed by atoms with E-state index in [0.717, 1.165) is 38.9 Å². The van der Waals surface area contributed by atoms with Gasteiger partial charge in [-0.1, -0.05) is 0 Å². The zero-order valence-electron chi connectivity index (χ0n) is 11.3. The van der Waals surface area contributed by atoms with E-state index in [2.05, 4.69) is 10.6 Å². The molecule has 2 aliphatic rings. The number of carbonyl (C=O) groups is 2. The summed E-state index contributed by atoms with van der Waals surface area (Å²) in [5.41, 5.74) is -0.252. The fraction of sp³-hybridized carbons (Fsp3) is 0.846. The van der Waals surface area contributed by atoms with Crippen molar-refractivity contribution >= 4 is 11.8 Å². The van der Waals surface area contributed by atoms with E-state index in [4.69, 9.17) is 0 Å². The van der Waals surface area contributed by atoms with Crippen LogP contribution in [0.5, 0.6) is 0 Å². The van der Waals surface area contributed by atoms with Crippen molar-refractivity contribution in [3.63, 3.8) is 0 Å². The zero-order chi connectivity index (χ0) is 13.2. The molecular weight excluding hydrogens is 230 g/mol. The highest BCUT2D eigenvalue weighted by molar-refractivity contribution is 5.83. The molecule has 2 saturated heterocycles. The third kappa shape index (κ3) is 2.83. The van der Waals surface area contributed by atoms with Gasteiger partial charge in [0.2, 0.25) is 11.8 Å². The van der Waals surface area contributed by atoms with E-state index < -0.39 is 0 Å². The molecule has 2 amide bonds. The lowest BCUT2D eigenvalue weighted by Gasteiger charge is -2.37. The van der Waals surface area contributed by atoms with Crippen LogP contribution in [-0.2, 0) is 9.59 Å². The van der Waals surface area contributed by atoms with Crippen LogP contribution in [0.25, 0.3) is 0 Å². The normalized spacial score (nSPS) is 32.3. The summed E-state index contributed by atoms with van der Waals surface area (Å²) in [7, 11) is 0. The van der Waals surface area contributed by atoms with Gasteiger partial charge < -0.3 is 15.5 Å². The molecule has 0 saturated carbocycles. The van der Waals surface area contributed by atoms with Crippen molar-refractivity contribution in [2.45, 2.75) is 39.2 Å². The molecule has 18 heavy (non-hydrogen) atoms. The van der Waals surface area contributed by atoms with Crippen LogP contribution in [0.15, 0.2) is 0 Å². The molecule has 2 N–H and O–H groups in total. The summed E-state index contributed by atoms with van der Waals surface area (Å²) in [6.07, 6.45) is 2.85. The third-order valence-electron chi connectivity index (χ3n) is 4.00. The van der Waals surface area contributed by atoms with Crippen LogP contribution in [-0.4, -0.2) is 48.9 Å². The first-order chi connectivity index (χ1) is 8.51. The average molecular weight is 253 g/mol. The van der Waals surface area contributed by atoms with Crippen molar-refractivity contribution in [2.24, 2.45) is 5.41 Å². The summed E-state index contributed by atoms with van der Waals surface area (Å²) in [5, 5.41) is 6.18. The van der Waals surface area contributed by atoms with Gasteiger partial charge in [-0.2, -0.15) is 0 Å². The number of likely N-dealkylation sites (tertiary alicyclic amines) is 1. The van der Waals surface area contributed by atoms with Gasteiger partial charge in [0.25, 0.3) is 0 Å². The van der Waals surface area contributed by atoms with E-state index in [1.165, 1.54) is 6.92 Å². The van der Waals surface area contributed by atoms with Gasteiger partial charge >= 0.3 is 0 Å². The van der Waals surface area contributed by atoms with Crippen LogP contribution in [0.1, 0.15) is 33.1 Å². The van der Waals surface area contributed by atoms with Gasteiger partial charge in [0.05, 0.1) is 5.41 Å². The number of rotatable bonds is 2. The second-order valence-electron chi connectivity index (χ2n) is 5.78. The minimum Gasteiger partial charge on any atom is -0.352 e.